The van der Waals surface area contributed by atoms with Crippen molar-refractivity contribution in [2.45, 2.75) is 6.92 Å². The molecule has 0 aliphatic rings. The zero-order valence-corrected chi connectivity index (χ0v) is 6.17. The van der Waals surface area contributed by atoms with Crippen LogP contribution in [0, 0.1) is 11.8 Å². The molecule has 0 N–H and O–H groups in total. The molecule has 4 heteroatoms. The normalized spacial score (nSPS) is 9.40. The number of hydrogen-bond acceptors (Lipinski definition) is 2. The molecule has 1 heterocycles. The molecule has 0 aromatic carbocycles. The SMILES string of the molecule is Cc1cc(N=O)cc[n+]1Cl. The third kappa shape index (κ3) is 1.30. The molecule has 0 spiro atoms. The summed E-state index contributed by atoms with van der Waals surface area (Å²) < 4.78 is 1.40. The van der Waals surface area contributed by atoms with Crippen LogP contribution in [0.4, 0.5) is 5.69 Å². The first kappa shape index (κ1) is 7.15. The van der Waals surface area contributed by atoms with Gasteiger partial charge in [-0.15, -0.1) is 4.91 Å². The van der Waals surface area contributed by atoms with E-state index in [1.165, 1.54) is 4.09 Å². The lowest BCUT2D eigenvalue weighted by Gasteiger charge is -1.87. The maximum Gasteiger partial charge on any atom is 0.268 e. The predicted molar refractivity (Wildman–Crippen MR) is 38.1 cm³/mol. The Labute approximate surface area is 63.3 Å². The Morgan fingerprint density at radius 3 is 2.90 bits per heavy atom. The molecule has 1 rings (SSSR count). The summed E-state index contributed by atoms with van der Waals surface area (Å²) in [6.45, 7) is 1.79. The van der Waals surface area contributed by atoms with Crippen molar-refractivity contribution in [2.75, 3.05) is 0 Å². The maximum absolute atomic E-state index is 9.97. The van der Waals surface area contributed by atoms with Gasteiger partial charge in [-0.1, -0.05) is 4.09 Å². The summed E-state index contributed by atoms with van der Waals surface area (Å²) in [7, 11) is 0. The van der Waals surface area contributed by atoms with Gasteiger partial charge in [-0.3, -0.25) is 0 Å². The summed E-state index contributed by atoms with van der Waals surface area (Å²) in [5.41, 5.74) is 1.19. The first-order valence-corrected chi connectivity index (χ1v) is 3.09. The van der Waals surface area contributed by atoms with Crippen LogP contribution < -0.4 is 4.09 Å². The number of aromatic nitrogens is 1. The van der Waals surface area contributed by atoms with Crippen molar-refractivity contribution in [3.63, 3.8) is 0 Å². The van der Waals surface area contributed by atoms with E-state index in [0.717, 1.165) is 5.69 Å². The molecule has 0 aliphatic heterocycles. The Morgan fingerprint density at radius 1 is 1.70 bits per heavy atom. The van der Waals surface area contributed by atoms with Crippen LogP contribution in [0.15, 0.2) is 23.5 Å². The third-order valence-electron chi connectivity index (χ3n) is 1.18. The number of rotatable bonds is 1. The zero-order valence-electron chi connectivity index (χ0n) is 5.41. The standard InChI is InChI=1S/C6H6ClN2O/c1-5-4-6(8-10)2-3-9(5)7/h2-4H,1H3/q+1. The van der Waals surface area contributed by atoms with E-state index in [1.807, 2.05) is 0 Å². The van der Waals surface area contributed by atoms with Gasteiger partial charge < -0.3 is 0 Å². The average molecular weight is 158 g/mol. The first-order chi connectivity index (χ1) is 4.74. The molecule has 0 amide bonds. The van der Waals surface area contributed by atoms with Gasteiger partial charge in [0.25, 0.3) is 11.8 Å². The summed E-state index contributed by atoms with van der Waals surface area (Å²) in [5, 5.41) is 2.75. The first-order valence-electron chi connectivity index (χ1n) is 2.76. The second-order valence-electron chi connectivity index (χ2n) is 1.93. The van der Waals surface area contributed by atoms with Crippen LogP contribution >= 0.6 is 11.8 Å². The van der Waals surface area contributed by atoms with Crippen molar-refractivity contribution in [1.82, 2.24) is 0 Å². The van der Waals surface area contributed by atoms with Gasteiger partial charge in [-0.25, -0.2) is 0 Å². The van der Waals surface area contributed by atoms with E-state index < -0.39 is 0 Å². The molecule has 10 heavy (non-hydrogen) atoms. The van der Waals surface area contributed by atoms with Crippen LogP contribution in [0.5, 0.6) is 0 Å². The summed E-state index contributed by atoms with van der Waals surface area (Å²) >= 11 is 5.61. The van der Waals surface area contributed by atoms with E-state index in [1.54, 1.807) is 25.3 Å². The minimum atomic E-state index is 0.398. The second kappa shape index (κ2) is 2.75. The molecule has 0 unspecified atom stereocenters. The number of nitrogens with zero attached hydrogens (tertiary/aromatic N) is 2. The zero-order chi connectivity index (χ0) is 7.56. The Balaban J connectivity index is 3.16. The van der Waals surface area contributed by atoms with Crippen LogP contribution in [0.25, 0.3) is 0 Å². The number of hydrogen-bond donors (Lipinski definition) is 0. The lowest BCUT2D eigenvalue weighted by Crippen LogP contribution is -2.22. The summed E-state index contributed by atoms with van der Waals surface area (Å²) in [6, 6.07) is 3.16. The minimum Gasteiger partial charge on any atom is -0.145 e. The van der Waals surface area contributed by atoms with E-state index in [2.05, 4.69) is 5.18 Å². The van der Waals surface area contributed by atoms with Crippen molar-refractivity contribution in [3.05, 3.63) is 28.9 Å². The molecule has 0 saturated heterocycles. The van der Waals surface area contributed by atoms with E-state index in [0.29, 0.717) is 5.69 Å². The van der Waals surface area contributed by atoms with Gasteiger partial charge in [0.2, 0.25) is 5.69 Å². The predicted octanol–water partition coefficient (Wildman–Crippen LogP) is 1.68. The number of pyridine rings is 1. The van der Waals surface area contributed by atoms with E-state index in [4.69, 9.17) is 11.8 Å². The molecule has 0 saturated carbocycles. The second-order valence-corrected chi connectivity index (χ2v) is 2.29. The van der Waals surface area contributed by atoms with Crippen molar-refractivity contribution in [3.8, 4) is 0 Å². The van der Waals surface area contributed by atoms with Crippen LogP contribution in [0.3, 0.4) is 0 Å². The van der Waals surface area contributed by atoms with Gasteiger partial charge in [-0.2, -0.15) is 0 Å². The van der Waals surface area contributed by atoms with Gasteiger partial charge in [0, 0.05) is 19.1 Å². The Kier molecular flexibility index (Phi) is 1.97. The quantitative estimate of drug-likeness (QED) is 0.571. The molecule has 3 nitrogen and oxygen atoms in total. The molecule has 52 valence electrons. The largest absolute Gasteiger partial charge is 0.268 e. The molecule has 0 radical (unpaired) electrons. The number of halogens is 1. The Hall–Kier alpha value is -0.960. The van der Waals surface area contributed by atoms with E-state index in [-0.39, 0.29) is 0 Å². The molecule has 0 atom stereocenters. The number of aryl methyl sites for hydroxylation is 1. The highest BCUT2D eigenvalue weighted by molar-refractivity contribution is 6.04. The molecular weight excluding hydrogens is 152 g/mol. The van der Waals surface area contributed by atoms with Gasteiger partial charge in [-0.05, 0) is 5.18 Å². The highest BCUT2D eigenvalue weighted by Crippen LogP contribution is 2.08. The van der Waals surface area contributed by atoms with Crippen molar-refractivity contribution in [2.24, 2.45) is 5.18 Å². The van der Waals surface area contributed by atoms with Crippen LogP contribution in [0.1, 0.15) is 5.69 Å². The third-order valence-corrected chi connectivity index (χ3v) is 1.55. The Bertz CT molecular complexity index is 262. The van der Waals surface area contributed by atoms with Crippen molar-refractivity contribution >= 4 is 17.5 Å². The fourth-order valence-corrected chi connectivity index (χ4v) is 0.745. The highest BCUT2D eigenvalue weighted by atomic mass is 35.5. The van der Waals surface area contributed by atoms with Gasteiger partial charge in [0.05, 0.1) is 0 Å². The lowest BCUT2D eigenvalue weighted by molar-refractivity contribution is -0.527. The molecule has 0 bridgehead atoms. The molecule has 0 aliphatic carbocycles. The topological polar surface area (TPSA) is 33.3 Å². The lowest BCUT2D eigenvalue weighted by atomic mass is 10.3. The van der Waals surface area contributed by atoms with Gasteiger partial charge in [0.15, 0.2) is 6.20 Å². The average Bonchev–Trinajstić information content (AvgIpc) is 1.95. The van der Waals surface area contributed by atoms with Crippen molar-refractivity contribution < 1.29 is 4.09 Å². The monoisotopic (exact) mass is 157 g/mol. The Morgan fingerprint density at radius 2 is 2.40 bits per heavy atom. The summed E-state index contributed by atoms with van der Waals surface area (Å²) in [4.78, 5) is 9.97. The molecule has 1 aromatic rings. The van der Waals surface area contributed by atoms with Crippen LogP contribution in [-0.2, 0) is 0 Å². The van der Waals surface area contributed by atoms with Gasteiger partial charge >= 0.3 is 0 Å². The number of nitroso groups, excluding NO2 is 1. The fourth-order valence-electron chi connectivity index (χ4n) is 0.640. The van der Waals surface area contributed by atoms with E-state index in [9.17, 15) is 4.91 Å². The highest BCUT2D eigenvalue weighted by Gasteiger charge is 2.03. The van der Waals surface area contributed by atoms with Crippen molar-refractivity contribution in [1.29, 1.82) is 0 Å². The fraction of sp³-hybridized carbons (Fsp3) is 0.167. The van der Waals surface area contributed by atoms with E-state index >= 15 is 0 Å². The van der Waals surface area contributed by atoms with Crippen LogP contribution in [-0.4, -0.2) is 0 Å². The van der Waals surface area contributed by atoms with Crippen LogP contribution in [0.2, 0.25) is 0 Å². The molecular formula is C6H6ClN2O+. The smallest absolute Gasteiger partial charge is 0.145 e. The van der Waals surface area contributed by atoms with Gasteiger partial charge in [0.1, 0.15) is 5.69 Å². The minimum absolute atomic E-state index is 0.398. The molecule has 1 aromatic heterocycles. The summed E-state index contributed by atoms with van der Waals surface area (Å²) in [6.07, 6.45) is 1.58. The summed E-state index contributed by atoms with van der Waals surface area (Å²) in [5.74, 6) is 0. The maximum atomic E-state index is 9.97. The molecule has 0 fully saturated rings.